The van der Waals surface area contributed by atoms with Crippen molar-refractivity contribution in [2.75, 3.05) is 6.61 Å². The normalized spacial score (nSPS) is 12.3. The molecule has 21 heavy (non-hydrogen) atoms. The van der Waals surface area contributed by atoms with Crippen LogP contribution < -0.4 is 0 Å². The van der Waals surface area contributed by atoms with E-state index in [0.29, 0.717) is 5.92 Å². The molecule has 0 radical (unpaired) electrons. The second kappa shape index (κ2) is 8.94. The number of nitrogens with zero attached hydrogens (tertiary/aromatic N) is 1. The molecule has 1 atom stereocenters. The first-order chi connectivity index (χ1) is 9.91. The molecule has 0 fully saturated rings. The average molecular weight is 329 g/mol. The molecule has 0 saturated heterocycles. The Labute approximate surface area is 135 Å². The number of hydrogen-bond acceptors (Lipinski definition) is 7. The molecule has 0 spiro atoms. The van der Waals surface area contributed by atoms with E-state index in [1.807, 2.05) is 13.8 Å². The first-order valence-corrected chi connectivity index (χ1v) is 7.59. The quantitative estimate of drug-likeness (QED) is 0.348. The van der Waals surface area contributed by atoms with Crippen LogP contribution in [-0.2, 0) is 19.1 Å². The summed E-state index contributed by atoms with van der Waals surface area (Å²) in [5.41, 5.74) is 0.277. The smallest absolute Gasteiger partial charge is 0.328 e. The Kier molecular flexibility index (Phi) is 7.60. The van der Waals surface area contributed by atoms with Gasteiger partial charge in [0.2, 0.25) is 0 Å². The van der Waals surface area contributed by atoms with Crippen LogP contribution in [0, 0.1) is 5.92 Å². The number of ether oxygens (including phenoxy) is 2. The van der Waals surface area contributed by atoms with Crippen molar-refractivity contribution in [3.63, 3.8) is 0 Å². The first-order valence-electron chi connectivity index (χ1n) is 6.56. The molecule has 0 aliphatic heterocycles. The number of hydrogen-bond donors (Lipinski definition) is 2. The van der Waals surface area contributed by atoms with Gasteiger partial charge < -0.3 is 9.47 Å². The Hall–Kier alpha value is -1.21. The zero-order valence-corrected chi connectivity index (χ0v) is 13.7. The van der Waals surface area contributed by atoms with E-state index in [-0.39, 0.29) is 12.3 Å². The van der Waals surface area contributed by atoms with E-state index < -0.39 is 22.6 Å². The minimum Gasteiger partial charge on any atom is -0.465 e. The number of rotatable bonds is 7. The minimum atomic E-state index is -1.22. The third-order valence-electron chi connectivity index (χ3n) is 2.62. The van der Waals surface area contributed by atoms with E-state index in [9.17, 15) is 9.59 Å². The Morgan fingerprint density at radius 3 is 2.48 bits per heavy atom. The summed E-state index contributed by atoms with van der Waals surface area (Å²) in [4.78, 5) is 28.2. The molecule has 0 aromatic carbocycles. The van der Waals surface area contributed by atoms with Crippen molar-refractivity contribution in [2.45, 2.75) is 31.0 Å². The lowest BCUT2D eigenvalue weighted by atomic mass is 10.1. The molecule has 0 N–H and O–H groups in total. The summed E-state index contributed by atoms with van der Waals surface area (Å²) < 4.78 is 9.10. The highest BCUT2D eigenvalue weighted by Gasteiger charge is 2.33. The van der Waals surface area contributed by atoms with Crippen LogP contribution >= 0.6 is 25.3 Å². The summed E-state index contributed by atoms with van der Waals surface area (Å²) >= 11 is 7.72. The van der Waals surface area contributed by atoms with Crippen molar-refractivity contribution in [3.05, 3.63) is 30.1 Å². The maximum atomic E-state index is 12.1. The number of aromatic nitrogens is 1. The zero-order valence-electron chi connectivity index (χ0n) is 11.9. The van der Waals surface area contributed by atoms with E-state index in [0.717, 1.165) is 6.42 Å². The lowest BCUT2D eigenvalue weighted by Crippen LogP contribution is -2.28. The third kappa shape index (κ3) is 6.39. The molecule has 0 bridgehead atoms. The van der Waals surface area contributed by atoms with Gasteiger partial charge in [0, 0.05) is 6.20 Å². The molecule has 0 aliphatic rings. The summed E-state index contributed by atoms with van der Waals surface area (Å²) in [6.45, 7) is 4.29. The lowest BCUT2D eigenvalue weighted by Gasteiger charge is -2.16. The SMILES string of the molecule is CC(C)CCOC(=O)C(C(=O)OC(S)S)c1ccccn1. The van der Waals surface area contributed by atoms with Gasteiger partial charge in [0.25, 0.3) is 0 Å². The number of carbonyl (C=O) groups is 2. The van der Waals surface area contributed by atoms with Gasteiger partial charge in [0.05, 0.1) is 12.3 Å². The zero-order chi connectivity index (χ0) is 15.8. The summed E-state index contributed by atoms with van der Waals surface area (Å²) in [6, 6.07) is 4.95. The van der Waals surface area contributed by atoms with Gasteiger partial charge in [-0.15, -0.1) is 25.3 Å². The van der Waals surface area contributed by atoms with E-state index in [2.05, 4.69) is 30.2 Å². The molecule has 7 heteroatoms. The van der Waals surface area contributed by atoms with Gasteiger partial charge >= 0.3 is 11.9 Å². The van der Waals surface area contributed by atoms with Crippen molar-refractivity contribution in [1.82, 2.24) is 4.98 Å². The molecule has 5 nitrogen and oxygen atoms in total. The average Bonchev–Trinajstić information content (AvgIpc) is 2.38. The van der Waals surface area contributed by atoms with Crippen LogP contribution in [0.25, 0.3) is 0 Å². The lowest BCUT2D eigenvalue weighted by molar-refractivity contribution is -0.157. The predicted molar refractivity (Wildman–Crippen MR) is 85.2 cm³/mol. The van der Waals surface area contributed by atoms with Crippen molar-refractivity contribution in [3.8, 4) is 0 Å². The molecule has 1 aromatic rings. The Morgan fingerprint density at radius 1 is 1.24 bits per heavy atom. The summed E-state index contributed by atoms with van der Waals surface area (Å²) in [6.07, 6.45) is 2.22. The molecule has 0 amide bonds. The molecule has 116 valence electrons. The summed E-state index contributed by atoms with van der Waals surface area (Å²) in [5.74, 6) is -2.28. The van der Waals surface area contributed by atoms with Gasteiger partial charge in [-0.2, -0.15) is 0 Å². The molecule has 0 saturated carbocycles. The minimum absolute atomic E-state index is 0.248. The molecule has 1 rings (SSSR count). The van der Waals surface area contributed by atoms with Crippen LogP contribution in [0.1, 0.15) is 31.9 Å². The van der Waals surface area contributed by atoms with Gasteiger partial charge in [-0.25, -0.2) is 0 Å². The van der Waals surface area contributed by atoms with E-state index in [1.165, 1.54) is 6.20 Å². The van der Waals surface area contributed by atoms with Gasteiger partial charge in [0.15, 0.2) is 10.7 Å². The Bertz CT molecular complexity index is 465. The number of pyridine rings is 1. The van der Waals surface area contributed by atoms with Crippen LogP contribution in [-0.4, -0.2) is 28.3 Å². The summed E-state index contributed by atoms with van der Waals surface area (Å²) in [7, 11) is 0. The predicted octanol–water partition coefficient (Wildman–Crippen LogP) is 2.44. The standard InChI is InChI=1S/C14H19NO4S2/c1-9(2)6-8-18-12(16)11(13(17)19-14(20)21)10-5-3-4-7-15-10/h3-5,7,9,11,14,20-21H,6,8H2,1-2H3. The van der Waals surface area contributed by atoms with Crippen LogP contribution in [0.3, 0.4) is 0 Å². The van der Waals surface area contributed by atoms with Gasteiger partial charge in [-0.3, -0.25) is 14.6 Å². The molecular formula is C14H19NO4S2. The largest absolute Gasteiger partial charge is 0.465 e. The topological polar surface area (TPSA) is 65.5 Å². The number of thiol groups is 2. The maximum Gasteiger partial charge on any atom is 0.328 e. The van der Waals surface area contributed by atoms with E-state index in [4.69, 9.17) is 9.47 Å². The highest BCUT2D eigenvalue weighted by molar-refractivity contribution is 7.98. The third-order valence-corrected chi connectivity index (χ3v) is 2.83. The Morgan fingerprint density at radius 2 is 1.95 bits per heavy atom. The fourth-order valence-corrected chi connectivity index (χ4v) is 1.74. The fourth-order valence-electron chi connectivity index (χ4n) is 1.53. The highest BCUT2D eigenvalue weighted by atomic mass is 32.2. The molecule has 1 unspecified atom stereocenters. The van der Waals surface area contributed by atoms with Crippen molar-refractivity contribution < 1.29 is 19.1 Å². The molecule has 0 aliphatic carbocycles. The summed E-state index contributed by atoms with van der Waals surface area (Å²) in [5, 5.41) is 0. The maximum absolute atomic E-state index is 12.1. The monoisotopic (exact) mass is 329 g/mol. The molecule has 1 heterocycles. The highest BCUT2D eigenvalue weighted by Crippen LogP contribution is 2.19. The van der Waals surface area contributed by atoms with Crippen molar-refractivity contribution in [2.24, 2.45) is 5.92 Å². The van der Waals surface area contributed by atoms with Crippen LogP contribution in [0.4, 0.5) is 0 Å². The number of carbonyl (C=O) groups excluding carboxylic acids is 2. The van der Waals surface area contributed by atoms with Crippen LogP contribution in [0.15, 0.2) is 24.4 Å². The van der Waals surface area contributed by atoms with E-state index >= 15 is 0 Å². The van der Waals surface area contributed by atoms with Gasteiger partial charge in [0.1, 0.15) is 0 Å². The first kappa shape index (κ1) is 17.8. The van der Waals surface area contributed by atoms with Crippen LogP contribution in [0.2, 0.25) is 0 Å². The fraction of sp³-hybridized carbons (Fsp3) is 0.500. The van der Waals surface area contributed by atoms with Gasteiger partial charge in [-0.05, 0) is 24.5 Å². The number of esters is 2. The van der Waals surface area contributed by atoms with Crippen molar-refractivity contribution in [1.29, 1.82) is 0 Å². The van der Waals surface area contributed by atoms with E-state index in [1.54, 1.807) is 18.2 Å². The van der Waals surface area contributed by atoms with Crippen molar-refractivity contribution >= 4 is 37.2 Å². The van der Waals surface area contributed by atoms with Crippen LogP contribution in [0.5, 0.6) is 0 Å². The Balaban J connectivity index is 2.81. The molecular weight excluding hydrogens is 310 g/mol. The second-order valence-corrected chi connectivity index (χ2v) is 6.15. The second-order valence-electron chi connectivity index (χ2n) is 4.80. The van der Waals surface area contributed by atoms with Gasteiger partial charge in [-0.1, -0.05) is 19.9 Å². The molecule has 1 aromatic heterocycles.